The van der Waals surface area contributed by atoms with Gasteiger partial charge in [-0.15, -0.1) is 10.2 Å². The molecular weight excluding hydrogens is 324 g/mol. The summed E-state index contributed by atoms with van der Waals surface area (Å²) in [5, 5.41) is 8.34. The Morgan fingerprint density at radius 1 is 1.53 bits per heavy atom. The molecule has 0 radical (unpaired) electrons. The highest BCUT2D eigenvalue weighted by Gasteiger charge is 2.07. The maximum atomic E-state index is 11.4. The Morgan fingerprint density at radius 3 is 3.00 bits per heavy atom. The van der Waals surface area contributed by atoms with Crippen LogP contribution >= 0.6 is 39.0 Å². The van der Waals surface area contributed by atoms with Gasteiger partial charge in [-0.3, -0.25) is 4.79 Å². The number of nitrogens with one attached hydrogen (secondary N) is 1. The summed E-state index contributed by atoms with van der Waals surface area (Å²) in [6.45, 7) is 2.05. The Bertz CT molecular complexity index is 568. The Kier molecular flexibility index (Phi) is 4.30. The lowest BCUT2D eigenvalue weighted by Gasteiger charge is -2.00. The van der Waals surface area contributed by atoms with Crippen LogP contribution in [-0.2, 0) is 6.42 Å². The monoisotopic (exact) mass is 332 g/mol. The van der Waals surface area contributed by atoms with Crippen molar-refractivity contribution >= 4 is 39.0 Å². The largest absolute Gasteiger partial charge is 0.301 e. The lowest BCUT2D eigenvalue weighted by atomic mass is 10.2. The van der Waals surface area contributed by atoms with Gasteiger partial charge in [0.1, 0.15) is 0 Å². The predicted octanol–water partition coefficient (Wildman–Crippen LogP) is 2.49. The number of aromatic amines is 1. The highest BCUT2D eigenvalue weighted by molar-refractivity contribution is 9.11. The van der Waals surface area contributed by atoms with Gasteiger partial charge in [0.2, 0.25) is 0 Å². The number of H-pyrrole nitrogens is 1. The Hall–Kier alpha value is -0.730. The number of hydrogen-bond donors (Lipinski definition) is 1. The number of hydrogen-bond acceptors (Lipinski definition) is 6. The molecule has 0 spiro atoms. The van der Waals surface area contributed by atoms with Gasteiger partial charge < -0.3 is 4.98 Å². The number of halogens is 1. The molecular formula is C9H9BrN4OS2. The van der Waals surface area contributed by atoms with E-state index in [0.29, 0.717) is 9.07 Å². The second-order valence-electron chi connectivity index (χ2n) is 3.21. The minimum absolute atomic E-state index is 0.130. The average Bonchev–Trinajstić information content (AvgIpc) is 2.63. The zero-order chi connectivity index (χ0) is 12.3. The molecule has 2 heterocycles. The molecule has 0 atom stereocenters. The SMILES string of the molecule is CCCc1cc(=O)[nH]c(Sc2nnc(Br)s2)n1. The lowest BCUT2D eigenvalue weighted by molar-refractivity contribution is 0.815. The van der Waals surface area contributed by atoms with Gasteiger partial charge in [-0.1, -0.05) is 24.7 Å². The minimum atomic E-state index is -0.130. The van der Waals surface area contributed by atoms with Crippen molar-refractivity contribution in [2.75, 3.05) is 0 Å². The predicted molar refractivity (Wildman–Crippen MR) is 70.6 cm³/mol. The number of aryl methyl sites for hydroxylation is 1. The molecule has 8 heteroatoms. The van der Waals surface area contributed by atoms with Crippen LogP contribution in [-0.4, -0.2) is 20.2 Å². The summed E-state index contributed by atoms with van der Waals surface area (Å²) in [6.07, 6.45) is 1.77. The molecule has 17 heavy (non-hydrogen) atoms. The summed E-state index contributed by atoms with van der Waals surface area (Å²) in [7, 11) is 0. The fourth-order valence-corrected chi connectivity index (χ4v) is 3.60. The van der Waals surface area contributed by atoms with Crippen LogP contribution in [0.25, 0.3) is 0 Å². The molecule has 2 aromatic rings. The molecule has 2 rings (SSSR count). The molecule has 0 aromatic carbocycles. The standard InChI is InChI=1S/C9H9BrN4OS2/c1-2-3-5-4-6(15)12-8(11-5)17-9-14-13-7(10)16-9/h4H,2-3H2,1H3,(H,11,12,15). The molecule has 0 bridgehead atoms. The Labute approximate surface area is 114 Å². The average molecular weight is 333 g/mol. The molecule has 1 N–H and O–H groups in total. The van der Waals surface area contributed by atoms with Gasteiger partial charge in [0.05, 0.1) is 0 Å². The van der Waals surface area contributed by atoms with Crippen molar-refractivity contribution in [3.05, 3.63) is 26.0 Å². The van der Waals surface area contributed by atoms with Crippen molar-refractivity contribution in [3.8, 4) is 0 Å². The van der Waals surface area contributed by atoms with Crippen LogP contribution in [0.3, 0.4) is 0 Å². The van der Waals surface area contributed by atoms with E-state index in [4.69, 9.17) is 0 Å². The van der Waals surface area contributed by atoms with Gasteiger partial charge in [-0.05, 0) is 34.1 Å². The molecule has 5 nitrogen and oxygen atoms in total. The Balaban J connectivity index is 2.23. The first-order chi connectivity index (χ1) is 8.17. The van der Waals surface area contributed by atoms with Crippen LogP contribution in [0.5, 0.6) is 0 Å². The summed E-state index contributed by atoms with van der Waals surface area (Å²) < 4.78 is 1.46. The van der Waals surface area contributed by atoms with Gasteiger partial charge in [-0.25, -0.2) is 4.98 Å². The maximum absolute atomic E-state index is 11.4. The minimum Gasteiger partial charge on any atom is -0.301 e. The first-order valence-corrected chi connectivity index (χ1v) is 7.37. The van der Waals surface area contributed by atoms with Gasteiger partial charge in [0.25, 0.3) is 5.56 Å². The molecule has 0 amide bonds. The summed E-state index contributed by atoms with van der Waals surface area (Å²) in [6, 6.07) is 1.53. The molecule has 2 aromatic heterocycles. The van der Waals surface area contributed by atoms with Gasteiger partial charge in [0.15, 0.2) is 13.4 Å². The summed E-state index contributed by atoms with van der Waals surface area (Å²) in [5.74, 6) is 0. The van der Waals surface area contributed by atoms with Crippen LogP contribution in [0, 0.1) is 0 Å². The van der Waals surface area contributed by atoms with Crippen LogP contribution in [0.2, 0.25) is 0 Å². The van der Waals surface area contributed by atoms with E-state index in [-0.39, 0.29) is 5.56 Å². The number of aromatic nitrogens is 4. The van der Waals surface area contributed by atoms with Gasteiger partial charge in [-0.2, -0.15) is 0 Å². The number of rotatable bonds is 4. The third kappa shape index (κ3) is 3.62. The van der Waals surface area contributed by atoms with E-state index in [9.17, 15) is 4.79 Å². The van der Waals surface area contributed by atoms with Crippen molar-refractivity contribution in [1.29, 1.82) is 0 Å². The molecule has 0 saturated heterocycles. The Morgan fingerprint density at radius 2 is 2.35 bits per heavy atom. The second-order valence-corrected chi connectivity index (χ2v) is 6.70. The van der Waals surface area contributed by atoms with Crippen molar-refractivity contribution < 1.29 is 0 Å². The van der Waals surface area contributed by atoms with Crippen LogP contribution in [0.4, 0.5) is 0 Å². The van der Waals surface area contributed by atoms with Gasteiger partial charge in [0, 0.05) is 11.8 Å². The molecule has 0 aliphatic rings. The van der Waals surface area contributed by atoms with E-state index >= 15 is 0 Å². The quantitative estimate of drug-likeness (QED) is 0.871. The fourth-order valence-electron chi connectivity index (χ4n) is 1.23. The van der Waals surface area contributed by atoms with Crippen LogP contribution in [0.15, 0.2) is 24.3 Å². The highest BCUT2D eigenvalue weighted by atomic mass is 79.9. The molecule has 0 aliphatic heterocycles. The van der Waals surface area contributed by atoms with E-state index in [1.165, 1.54) is 29.2 Å². The van der Waals surface area contributed by atoms with Crippen molar-refractivity contribution in [3.63, 3.8) is 0 Å². The fraction of sp³-hybridized carbons (Fsp3) is 0.333. The summed E-state index contributed by atoms with van der Waals surface area (Å²) >= 11 is 5.95. The summed E-state index contributed by atoms with van der Waals surface area (Å²) in [5.41, 5.74) is 0.678. The van der Waals surface area contributed by atoms with E-state index in [1.807, 2.05) is 0 Å². The molecule has 0 unspecified atom stereocenters. The smallest absolute Gasteiger partial charge is 0.251 e. The second kappa shape index (κ2) is 5.74. The number of nitrogens with zero attached hydrogens (tertiary/aromatic N) is 3. The van der Waals surface area contributed by atoms with E-state index in [2.05, 4.69) is 43.0 Å². The zero-order valence-electron chi connectivity index (χ0n) is 8.94. The van der Waals surface area contributed by atoms with Crippen LogP contribution in [0.1, 0.15) is 19.0 Å². The molecule has 0 fully saturated rings. The van der Waals surface area contributed by atoms with Crippen molar-refractivity contribution in [1.82, 2.24) is 20.2 Å². The zero-order valence-corrected chi connectivity index (χ0v) is 12.2. The first-order valence-electron chi connectivity index (χ1n) is 4.94. The molecule has 0 saturated carbocycles. The van der Waals surface area contributed by atoms with E-state index in [0.717, 1.165) is 22.9 Å². The van der Waals surface area contributed by atoms with Crippen molar-refractivity contribution in [2.45, 2.75) is 29.3 Å². The molecule has 0 aliphatic carbocycles. The van der Waals surface area contributed by atoms with E-state index in [1.54, 1.807) is 0 Å². The summed E-state index contributed by atoms with van der Waals surface area (Å²) in [4.78, 5) is 18.5. The van der Waals surface area contributed by atoms with E-state index < -0.39 is 0 Å². The topological polar surface area (TPSA) is 71.5 Å². The lowest BCUT2D eigenvalue weighted by Crippen LogP contribution is -2.09. The van der Waals surface area contributed by atoms with Gasteiger partial charge >= 0.3 is 0 Å². The normalized spacial score (nSPS) is 10.7. The maximum Gasteiger partial charge on any atom is 0.251 e. The third-order valence-electron chi connectivity index (χ3n) is 1.84. The van der Waals surface area contributed by atoms with Crippen LogP contribution < -0.4 is 5.56 Å². The first kappa shape index (κ1) is 12.7. The van der Waals surface area contributed by atoms with Crippen molar-refractivity contribution in [2.24, 2.45) is 0 Å². The highest BCUT2D eigenvalue weighted by Crippen LogP contribution is 2.29. The third-order valence-corrected chi connectivity index (χ3v) is 4.14. The molecule has 90 valence electrons.